The van der Waals surface area contributed by atoms with Crippen LogP contribution in [0.4, 0.5) is 0 Å². The molecule has 1 saturated heterocycles. The lowest BCUT2D eigenvalue weighted by Crippen LogP contribution is -2.48. The molecule has 1 unspecified atom stereocenters. The number of nitriles is 1. The van der Waals surface area contributed by atoms with Gasteiger partial charge in [-0.25, -0.2) is 13.2 Å². The minimum absolute atomic E-state index is 0.0332. The summed E-state index contributed by atoms with van der Waals surface area (Å²) in [5.74, 6) is -1.19. The summed E-state index contributed by atoms with van der Waals surface area (Å²) in [5.41, 5.74) is 0.959. The number of aryl methyl sites for hydroxylation is 1. The van der Waals surface area contributed by atoms with Gasteiger partial charge >= 0.3 is 5.97 Å². The SMILES string of the molecule is Cc1cc(S(=O)(=O)N2CCOC(C(=O)O)C2)ccc1C#N. The topological polar surface area (TPSA) is 108 Å². The van der Waals surface area contributed by atoms with Crippen LogP contribution in [0.15, 0.2) is 23.1 Å². The third-order valence-electron chi connectivity index (χ3n) is 3.26. The highest BCUT2D eigenvalue weighted by atomic mass is 32.2. The Bertz CT molecular complexity index is 708. The minimum Gasteiger partial charge on any atom is -0.479 e. The van der Waals surface area contributed by atoms with Crippen molar-refractivity contribution in [1.82, 2.24) is 4.31 Å². The Labute approximate surface area is 122 Å². The van der Waals surface area contributed by atoms with Gasteiger partial charge in [0.1, 0.15) is 0 Å². The monoisotopic (exact) mass is 310 g/mol. The van der Waals surface area contributed by atoms with E-state index in [0.29, 0.717) is 11.1 Å². The Morgan fingerprint density at radius 1 is 1.52 bits per heavy atom. The van der Waals surface area contributed by atoms with Crippen molar-refractivity contribution in [1.29, 1.82) is 5.26 Å². The van der Waals surface area contributed by atoms with Crippen molar-refractivity contribution in [2.45, 2.75) is 17.9 Å². The average molecular weight is 310 g/mol. The van der Waals surface area contributed by atoms with Crippen molar-refractivity contribution in [3.05, 3.63) is 29.3 Å². The molecule has 0 aromatic heterocycles. The van der Waals surface area contributed by atoms with Crippen LogP contribution in [0.1, 0.15) is 11.1 Å². The molecule has 1 fully saturated rings. The van der Waals surface area contributed by atoms with E-state index in [0.717, 1.165) is 4.31 Å². The summed E-state index contributed by atoms with van der Waals surface area (Å²) in [5, 5.41) is 17.8. The number of carboxylic acids is 1. The molecule has 0 saturated carbocycles. The molecule has 21 heavy (non-hydrogen) atoms. The molecular weight excluding hydrogens is 296 g/mol. The fraction of sp³-hybridized carbons (Fsp3) is 0.385. The molecule has 112 valence electrons. The maximum absolute atomic E-state index is 12.5. The molecule has 1 N–H and O–H groups in total. The number of aliphatic carboxylic acids is 1. The lowest BCUT2D eigenvalue weighted by atomic mass is 10.1. The molecule has 1 aliphatic heterocycles. The zero-order chi connectivity index (χ0) is 15.6. The molecule has 1 atom stereocenters. The number of nitrogens with zero attached hydrogens (tertiary/aromatic N) is 2. The molecular formula is C13H14N2O5S. The van der Waals surface area contributed by atoms with Gasteiger partial charge in [0.15, 0.2) is 6.10 Å². The van der Waals surface area contributed by atoms with E-state index in [9.17, 15) is 13.2 Å². The van der Waals surface area contributed by atoms with Crippen molar-refractivity contribution < 1.29 is 23.1 Å². The lowest BCUT2D eigenvalue weighted by Gasteiger charge is -2.30. The largest absolute Gasteiger partial charge is 0.479 e. The summed E-state index contributed by atoms with van der Waals surface area (Å²) in [7, 11) is -3.80. The van der Waals surface area contributed by atoms with E-state index in [1.807, 2.05) is 6.07 Å². The van der Waals surface area contributed by atoms with Crippen molar-refractivity contribution in [3.63, 3.8) is 0 Å². The van der Waals surface area contributed by atoms with Gasteiger partial charge in [-0.2, -0.15) is 9.57 Å². The smallest absolute Gasteiger partial charge is 0.334 e. The second kappa shape index (κ2) is 5.81. The minimum atomic E-state index is -3.80. The van der Waals surface area contributed by atoms with Crippen molar-refractivity contribution in [2.75, 3.05) is 19.7 Å². The van der Waals surface area contributed by atoms with Crippen LogP contribution >= 0.6 is 0 Å². The number of ether oxygens (including phenoxy) is 1. The molecule has 2 rings (SSSR count). The third-order valence-corrected chi connectivity index (χ3v) is 5.12. The van der Waals surface area contributed by atoms with Crippen LogP contribution < -0.4 is 0 Å². The number of carboxylic acid groups (broad SMARTS) is 1. The zero-order valence-electron chi connectivity index (χ0n) is 11.3. The summed E-state index contributed by atoms with van der Waals surface area (Å²) in [6, 6.07) is 6.18. The summed E-state index contributed by atoms with van der Waals surface area (Å²) in [6.07, 6.45) is -1.16. The first-order valence-corrected chi connectivity index (χ1v) is 7.65. The van der Waals surface area contributed by atoms with Gasteiger partial charge in [-0.15, -0.1) is 0 Å². The van der Waals surface area contributed by atoms with Crippen molar-refractivity contribution >= 4 is 16.0 Å². The van der Waals surface area contributed by atoms with E-state index in [1.165, 1.54) is 18.2 Å². The summed E-state index contributed by atoms with van der Waals surface area (Å²) < 4.78 is 31.1. The Hall–Kier alpha value is -1.95. The Morgan fingerprint density at radius 3 is 2.81 bits per heavy atom. The van der Waals surface area contributed by atoms with Crippen LogP contribution in [0.5, 0.6) is 0 Å². The van der Waals surface area contributed by atoms with Gasteiger partial charge in [-0.1, -0.05) is 0 Å². The molecule has 1 heterocycles. The highest BCUT2D eigenvalue weighted by molar-refractivity contribution is 7.89. The zero-order valence-corrected chi connectivity index (χ0v) is 12.1. The van der Waals surface area contributed by atoms with Crippen molar-refractivity contribution in [3.8, 4) is 6.07 Å². The molecule has 0 radical (unpaired) electrons. The van der Waals surface area contributed by atoms with Crippen LogP contribution in [-0.2, 0) is 19.6 Å². The van der Waals surface area contributed by atoms with Crippen LogP contribution in [0.25, 0.3) is 0 Å². The Kier molecular flexibility index (Phi) is 4.27. The van der Waals surface area contributed by atoms with Gasteiger partial charge in [0, 0.05) is 6.54 Å². The van der Waals surface area contributed by atoms with Gasteiger partial charge in [0.25, 0.3) is 0 Å². The summed E-state index contributed by atoms with van der Waals surface area (Å²) in [4.78, 5) is 11.0. The lowest BCUT2D eigenvalue weighted by molar-refractivity contribution is -0.153. The third kappa shape index (κ3) is 3.05. The molecule has 7 nitrogen and oxygen atoms in total. The number of rotatable bonds is 3. The number of sulfonamides is 1. The molecule has 0 aliphatic carbocycles. The molecule has 1 aromatic carbocycles. The van der Waals surface area contributed by atoms with Crippen LogP contribution in [0, 0.1) is 18.3 Å². The van der Waals surface area contributed by atoms with E-state index in [1.54, 1.807) is 6.92 Å². The quantitative estimate of drug-likeness (QED) is 0.862. The average Bonchev–Trinajstić information content (AvgIpc) is 2.47. The fourth-order valence-corrected chi connectivity index (χ4v) is 3.57. The maximum Gasteiger partial charge on any atom is 0.334 e. The van der Waals surface area contributed by atoms with E-state index in [2.05, 4.69) is 0 Å². The maximum atomic E-state index is 12.5. The first-order valence-electron chi connectivity index (χ1n) is 6.21. The first kappa shape index (κ1) is 15.4. The number of hydrogen-bond acceptors (Lipinski definition) is 5. The molecule has 1 aromatic rings. The number of morpholine rings is 1. The first-order chi connectivity index (χ1) is 9.86. The second-order valence-corrected chi connectivity index (χ2v) is 6.59. The van der Waals surface area contributed by atoms with Gasteiger partial charge in [0.05, 0.1) is 29.7 Å². The van der Waals surface area contributed by atoms with Crippen LogP contribution in [0.2, 0.25) is 0 Å². The fourth-order valence-electron chi connectivity index (χ4n) is 2.06. The van der Waals surface area contributed by atoms with Crippen LogP contribution in [-0.4, -0.2) is 49.6 Å². The van der Waals surface area contributed by atoms with Gasteiger partial charge in [0.2, 0.25) is 10.0 Å². The highest BCUT2D eigenvalue weighted by Gasteiger charge is 2.34. The molecule has 0 amide bonds. The summed E-state index contributed by atoms with van der Waals surface area (Å²) >= 11 is 0. The van der Waals surface area contributed by atoms with E-state index in [-0.39, 0.29) is 24.6 Å². The predicted molar refractivity (Wildman–Crippen MR) is 72.0 cm³/mol. The molecule has 0 bridgehead atoms. The van der Waals surface area contributed by atoms with E-state index in [4.69, 9.17) is 15.1 Å². The van der Waals surface area contributed by atoms with Crippen molar-refractivity contribution in [2.24, 2.45) is 0 Å². The number of hydrogen-bond donors (Lipinski definition) is 1. The van der Waals surface area contributed by atoms with Gasteiger partial charge in [-0.05, 0) is 30.7 Å². The molecule has 8 heteroatoms. The summed E-state index contributed by atoms with van der Waals surface area (Å²) in [6.45, 7) is 1.56. The highest BCUT2D eigenvalue weighted by Crippen LogP contribution is 2.21. The van der Waals surface area contributed by atoms with Gasteiger partial charge in [-0.3, -0.25) is 0 Å². The standard InChI is InChI=1S/C13H14N2O5S/c1-9-6-11(3-2-10(9)7-14)21(18,19)15-4-5-20-12(8-15)13(16)17/h2-3,6,12H,4-5,8H2,1H3,(H,16,17). The van der Waals surface area contributed by atoms with Crippen LogP contribution in [0.3, 0.4) is 0 Å². The van der Waals surface area contributed by atoms with Gasteiger partial charge < -0.3 is 9.84 Å². The molecule has 1 aliphatic rings. The number of benzene rings is 1. The second-order valence-electron chi connectivity index (χ2n) is 4.65. The Morgan fingerprint density at radius 2 is 2.24 bits per heavy atom. The normalized spacial score (nSPS) is 19.9. The molecule has 0 spiro atoms. The predicted octanol–water partition coefficient (Wildman–Crippen LogP) is 0.341. The van der Waals surface area contributed by atoms with E-state index < -0.39 is 22.1 Å². The Balaban J connectivity index is 2.32. The van der Waals surface area contributed by atoms with E-state index >= 15 is 0 Å². The number of carbonyl (C=O) groups is 1.